The van der Waals surface area contributed by atoms with E-state index >= 15 is 0 Å². The molecule has 0 N–H and O–H groups in total. The summed E-state index contributed by atoms with van der Waals surface area (Å²) in [6.45, 7) is 0. The Labute approximate surface area is 210 Å². The van der Waals surface area contributed by atoms with Gasteiger partial charge >= 0.3 is 0 Å². The van der Waals surface area contributed by atoms with E-state index in [9.17, 15) is 24.5 Å². The summed E-state index contributed by atoms with van der Waals surface area (Å²) in [4.78, 5) is 55.1. The highest BCUT2D eigenvalue weighted by Crippen LogP contribution is 2.54. The monoisotopic (exact) mass is 499 g/mol. The average molecular weight is 500 g/mol. The first-order valence-electron chi connectivity index (χ1n) is 11.3. The zero-order valence-electron chi connectivity index (χ0n) is 18.7. The van der Waals surface area contributed by atoms with E-state index < -0.39 is 40.7 Å². The fourth-order valence-corrected chi connectivity index (χ4v) is 5.86. The number of carbonyl (C=O) groups excluding carboxylic acids is 3. The number of amides is 2. The van der Waals surface area contributed by atoms with E-state index in [1.54, 1.807) is 36.5 Å². The van der Waals surface area contributed by atoms with Gasteiger partial charge < -0.3 is 4.90 Å². The van der Waals surface area contributed by atoms with Gasteiger partial charge in [-0.2, -0.15) is 0 Å². The molecule has 4 unspecified atom stereocenters. The number of rotatable bonds is 4. The van der Waals surface area contributed by atoms with Crippen molar-refractivity contribution < 1.29 is 19.3 Å². The molecular formula is C27H18ClN3O5. The molecule has 0 aromatic heterocycles. The van der Waals surface area contributed by atoms with Gasteiger partial charge in [-0.1, -0.05) is 66.2 Å². The number of nitro groups is 1. The highest BCUT2D eigenvalue weighted by atomic mass is 35.5. The minimum Gasteiger partial charge on any atom is -0.358 e. The summed E-state index contributed by atoms with van der Waals surface area (Å²) in [6, 6.07) is 18.4. The summed E-state index contributed by atoms with van der Waals surface area (Å²) in [6.07, 6.45) is 3.66. The number of hydrogen-bond donors (Lipinski definition) is 0. The summed E-state index contributed by atoms with van der Waals surface area (Å²) in [7, 11) is 0. The molecule has 0 spiro atoms. The third-order valence-corrected chi connectivity index (χ3v) is 7.49. The molecule has 0 saturated carbocycles. The molecule has 3 aliphatic heterocycles. The summed E-state index contributed by atoms with van der Waals surface area (Å²) >= 11 is 6.32. The van der Waals surface area contributed by atoms with Crippen molar-refractivity contribution in [2.45, 2.75) is 12.1 Å². The van der Waals surface area contributed by atoms with E-state index in [1.807, 2.05) is 35.2 Å². The molecule has 2 amide bonds. The average Bonchev–Trinajstić information content (AvgIpc) is 3.37. The summed E-state index contributed by atoms with van der Waals surface area (Å²) in [5.41, 5.74) is 1.83. The third-order valence-electron chi connectivity index (χ3n) is 7.17. The normalized spacial score (nSPS) is 23.9. The second kappa shape index (κ2) is 8.13. The number of ketones is 1. The van der Waals surface area contributed by atoms with Gasteiger partial charge in [0.15, 0.2) is 5.78 Å². The Morgan fingerprint density at radius 1 is 0.917 bits per heavy atom. The van der Waals surface area contributed by atoms with Crippen molar-refractivity contribution >= 4 is 46.6 Å². The molecule has 3 aliphatic rings. The van der Waals surface area contributed by atoms with Crippen LogP contribution in [0.1, 0.15) is 27.5 Å². The Hall–Kier alpha value is -4.30. The second-order valence-corrected chi connectivity index (χ2v) is 9.38. The van der Waals surface area contributed by atoms with E-state index in [4.69, 9.17) is 11.6 Å². The number of non-ortho nitro benzene ring substituents is 1. The van der Waals surface area contributed by atoms with Crippen LogP contribution >= 0.6 is 11.6 Å². The number of nitrogens with zero attached hydrogens (tertiary/aromatic N) is 3. The van der Waals surface area contributed by atoms with Crippen molar-refractivity contribution in [1.82, 2.24) is 4.90 Å². The molecule has 2 fully saturated rings. The molecule has 3 aromatic carbocycles. The van der Waals surface area contributed by atoms with Gasteiger partial charge in [0, 0.05) is 23.9 Å². The number of Topliss-reactive ketones (excluding diaryl/α,β-unsaturated/α-hetero) is 1. The lowest BCUT2D eigenvalue weighted by Gasteiger charge is -2.35. The molecule has 0 aliphatic carbocycles. The molecular weight excluding hydrogens is 482 g/mol. The van der Waals surface area contributed by atoms with Gasteiger partial charge in [-0.15, -0.1) is 0 Å². The van der Waals surface area contributed by atoms with E-state index in [0.717, 1.165) is 22.1 Å². The number of imide groups is 1. The number of carbonyl (C=O) groups is 3. The minimum atomic E-state index is -0.985. The van der Waals surface area contributed by atoms with Crippen molar-refractivity contribution in [2.75, 3.05) is 4.90 Å². The Morgan fingerprint density at radius 3 is 2.36 bits per heavy atom. The van der Waals surface area contributed by atoms with E-state index in [1.165, 1.54) is 12.1 Å². The number of hydrogen-bond acceptors (Lipinski definition) is 6. The molecule has 8 nitrogen and oxygen atoms in total. The van der Waals surface area contributed by atoms with Crippen molar-refractivity contribution in [3.63, 3.8) is 0 Å². The van der Waals surface area contributed by atoms with Crippen molar-refractivity contribution in [3.05, 3.63) is 111 Å². The molecule has 178 valence electrons. The maximum Gasteiger partial charge on any atom is 0.271 e. The molecule has 3 aromatic rings. The Bertz CT molecular complexity index is 1490. The molecule has 6 rings (SSSR count). The van der Waals surface area contributed by atoms with Crippen molar-refractivity contribution in [3.8, 4) is 0 Å². The van der Waals surface area contributed by atoms with Crippen LogP contribution in [-0.2, 0) is 9.59 Å². The SMILES string of the molecule is O=C(c1ccccc1)C1C2C(=O)N(c3cc([N+](=O)[O-])ccc3Cl)C(=O)C2C2c3ccccc3C=CN12. The lowest BCUT2D eigenvalue weighted by molar-refractivity contribution is -0.384. The molecule has 0 radical (unpaired) electrons. The molecule has 3 heterocycles. The van der Waals surface area contributed by atoms with Crippen LogP contribution in [0.25, 0.3) is 6.08 Å². The summed E-state index contributed by atoms with van der Waals surface area (Å²) in [5, 5.41) is 11.4. The van der Waals surface area contributed by atoms with Gasteiger partial charge in [-0.3, -0.25) is 24.5 Å². The topological polar surface area (TPSA) is 101 Å². The van der Waals surface area contributed by atoms with E-state index in [0.29, 0.717) is 5.56 Å². The Balaban J connectivity index is 1.51. The van der Waals surface area contributed by atoms with Crippen molar-refractivity contribution in [1.29, 1.82) is 0 Å². The highest BCUT2D eigenvalue weighted by Gasteiger charge is 2.64. The van der Waals surface area contributed by atoms with Gasteiger partial charge in [0.2, 0.25) is 11.8 Å². The van der Waals surface area contributed by atoms with Gasteiger partial charge in [0.25, 0.3) is 5.69 Å². The second-order valence-electron chi connectivity index (χ2n) is 8.97. The van der Waals surface area contributed by atoms with Gasteiger partial charge in [-0.25, -0.2) is 4.90 Å². The van der Waals surface area contributed by atoms with Crippen LogP contribution in [0.4, 0.5) is 11.4 Å². The number of halogens is 1. The van der Waals surface area contributed by atoms with Crippen LogP contribution in [0.2, 0.25) is 5.02 Å². The largest absolute Gasteiger partial charge is 0.358 e. The quantitative estimate of drug-likeness (QED) is 0.224. The van der Waals surface area contributed by atoms with Crippen molar-refractivity contribution in [2.24, 2.45) is 11.8 Å². The van der Waals surface area contributed by atoms with Crippen LogP contribution in [0.5, 0.6) is 0 Å². The van der Waals surface area contributed by atoms with Gasteiger partial charge in [0.1, 0.15) is 6.04 Å². The molecule has 36 heavy (non-hydrogen) atoms. The fourth-order valence-electron chi connectivity index (χ4n) is 5.65. The van der Waals surface area contributed by atoms with Gasteiger partial charge in [-0.05, 0) is 23.3 Å². The zero-order valence-corrected chi connectivity index (χ0v) is 19.4. The molecule has 9 heteroatoms. The van der Waals surface area contributed by atoms with Crippen LogP contribution in [0, 0.1) is 22.0 Å². The van der Waals surface area contributed by atoms with Crippen LogP contribution in [-0.4, -0.2) is 33.5 Å². The predicted octanol–water partition coefficient (Wildman–Crippen LogP) is 4.65. The van der Waals surface area contributed by atoms with Gasteiger partial charge in [0.05, 0.1) is 33.5 Å². The lowest BCUT2D eigenvalue weighted by Crippen LogP contribution is -2.44. The predicted molar refractivity (Wildman–Crippen MR) is 132 cm³/mol. The molecule has 4 atom stereocenters. The first-order chi connectivity index (χ1) is 17.4. The first-order valence-corrected chi connectivity index (χ1v) is 11.7. The van der Waals surface area contributed by atoms with E-state index in [-0.39, 0.29) is 22.2 Å². The lowest BCUT2D eigenvalue weighted by atomic mass is 9.83. The summed E-state index contributed by atoms with van der Waals surface area (Å²) in [5.74, 6) is -3.25. The maximum absolute atomic E-state index is 13.9. The first kappa shape index (κ1) is 22.2. The smallest absolute Gasteiger partial charge is 0.271 e. The van der Waals surface area contributed by atoms with E-state index in [2.05, 4.69) is 0 Å². The number of fused-ring (bicyclic) bond motifs is 5. The minimum absolute atomic E-state index is 0.0361. The zero-order chi connectivity index (χ0) is 25.1. The third kappa shape index (κ3) is 3.11. The molecule has 0 bridgehead atoms. The van der Waals surface area contributed by atoms with Crippen LogP contribution in [0.15, 0.2) is 79.0 Å². The summed E-state index contributed by atoms with van der Waals surface area (Å²) < 4.78 is 0. The van der Waals surface area contributed by atoms with Crippen LogP contribution < -0.4 is 4.90 Å². The standard InChI is InChI=1S/C27H18ClN3O5/c28-19-11-10-17(31(35)36)14-20(19)30-26(33)21-22(27(30)34)24(25(32)16-7-2-1-3-8-16)29-13-12-15-6-4-5-9-18(15)23(21)29/h1-14,21-24H. The van der Waals surface area contributed by atoms with Crippen LogP contribution in [0.3, 0.4) is 0 Å². The highest BCUT2D eigenvalue weighted by molar-refractivity contribution is 6.36. The maximum atomic E-state index is 13.9. The Kier molecular flexibility index (Phi) is 5.01. The fraction of sp³-hybridized carbons (Fsp3) is 0.148. The molecule has 2 saturated heterocycles. The number of nitro benzene ring substituents is 1. The Morgan fingerprint density at radius 2 is 1.61 bits per heavy atom. The number of anilines is 1. The number of benzene rings is 3.